The molecule has 2 saturated heterocycles. The summed E-state index contributed by atoms with van der Waals surface area (Å²) in [6.45, 7) is 4.29. The second-order valence-corrected chi connectivity index (χ2v) is 8.42. The highest BCUT2D eigenvalue weighted by atomic mass is 16.5. The van der Waals surface area contributed by atoms with Crippen LogP contribution in [0.25, 0.3) is 11.0 Å². The minimum absolute atomic E-state index is 0.0485. The zero-order valence-electron chi connectivity index (χ0n) is 16.3. The molecule has 5 rings (SSSR count). The van der Waals surface area contributed by atoms with Crippen molar-refractivity contribution < 1.29 is 14.6 Å². The van der Waals surface area contributed by atoms with Gasteiger partial charge in [0, 0.05) is 32.2 Å². The van der Waals surface area contributed by atoms with Crippen LogP contribution in [0.15, 0.2) is 29.1 Å². The van der Waals surface area contributed by atoms with Gasteiger partial charge in [0.25, 0.3) is 11.5 Å². The predicted octanol–water partition coefficient (Wildman–Crippen LogP) is 0.467. The average molecular weight is 398 g/mol. The van der Waals surface area contributed by atoms with E-state index >= 15 is 0 Å². The number of aliphatic hydroxyl groups excluding tert-OH is 1. The number of morpholine rings is 1. The van der Waals surface area contributed by atoms with Crippen LogP contribution in [-0.2, 0) is 4.74 Å². The molecule has 3 fully saturated rings. The summed E-state index contributed by atoms with van der Waals surface area (Å²) in [6, 6.07) is 7.34. The molecule has 0 radical (unpaired) electrons. The highest BCUT2D eigenvalue weighted by Crippen LogP contribution is 2.38. The summed E-state index contributed by atoms with van der Waals surface area (Å²) in [7, 11) is 0. The number of nitrogens with zero attached hydrogens (tertiary/aromatic N) is 3. The van der Waals surface area contributed by atoms with Gasteiger partial charge in [-0.3, -0.25) is 14.5 Å². The van der Waals surface area contributed by atoms with Gasteiger partial charge in [0.1, 0.15) is 0 Å². The Balaban J connectivity index is 1.33. The highest BCUT2D eigenvalue weighted by Gasteiger charge is 2.45. The van der Waals surface area contributed by atoms with E-state index in [0.717, 1.165) is 19.5 Å². The van der Waals surface area contributed by atoms with E-state index in [-0.39, 0.29) is 29.7 Å². The van der Waals surface area contributed by atoms with Gasteiger partial charge in [-0.05, 0) is 36.8 Å². The number of aliphatic hydroxyl groups is 1. The minimum atomic E-state index is -0.449. The number of rotatable bonds is 2. The zero-order chi connectivity index (χ0) is 20.0. The quantitative estimate of drug-likeness (QED) is 0.763. The first-order chi connectivity index (χ1) is 14.1. The first-order valence-electron chi connectivity index (χ1n) is 10.4. The van der Waals surface area contributed by atoms with Crippen LogP contribution in [-0.4, -0.2) is 82.3 Å². The molecule has 1 aliphatic carbocycles. The standard InChI is InChI=1S/C21H26N4O4/c26-18-10-14-12-25(11-13(14)9-17(18)24-5-7-29-8-6-24)21(28)19-20(27)23-16-4-2-1-3-15(16)22-19/h1-4,13-14,17-18,26H,5-12H2,(H,23,27)/t13-,14+,17-,18-/m1/s1. The van der Waals surface area contributed by atoms with Crippen LogP contribution in [0.5, 0.6) is 0 Å². The molecule has 3 heterocycles. The Kier molecular flexibility index (Phi) is 4.85. The zero-order valence-corrected chi connectivity index (χ0v) is 16.3. The van der Waals surface area contributed by atoms with Gasteiger partial charge in [0.05, 0.1) is 30.4 Å². The Morgan fingerprint density at radius 3 is 2.66 bits per heavy atom. The molecule has 1 saturated carbocycles. The minimum Gasteiger partial charge on any atom is -0.391 e. The number of ether oxygens (including phenoxy) is 1. The van der Waals surface area contributed by atoms with Gasteiger partial charge < -0.3 is 19.7 Å². The summed E-state index contributed by atoms with van der Waals surface area (Å²) < 4.78 is 5.44. The smallest absolute Gasteiger partial charge is 0.280 e. The van der Waals surface area contributed by atoms with Crippen molar-refractivity contribution in [2.24, 2.45) is 11.8 Å². The average Bonchev–Trinajstić information content (AvgIpc) is 3.15. The molecule has 1 aromatic heterocycles. The number of amides is 1. The van der Waals surface area contributed by atoms with E-state index in [4.69, 9.17) is 4.74 Å². The number of aromatic amines is 1. The maximum atomic E-state index is 13.1. The molecule has 2 aliphatic heterocycles. The molecule has 3 aliphatic rings. The van der Waals surface area contributed by atoms with E-state index in [1.807, 2.05) is 12.1 Å². The van der Waals surface area contributed by atoms with Gasteiger partial charge in [-0.25, -0.2) is 4.98 Å². The van der Waals surface area contributed by atoms with Gasteiger partial charge in [0.15, 0.2) is 5.69 Å². The van der Waals surface area contributed by atoms with Crippen LogP contribution < -0.4 is 5.56 Å². The number of aromatic nitrogens is 2. The number of nitrogens with one attached hydrogen (secondary N) is 1. The van der Waals surface area contributed by atoms with Crippen molar-refractivity contribution in [1.29, 1.82) is 0 Å². The largest absolute Gasteiger partial charge is 0.391 e. The van der Waals surface area contributed by atoms with Crippen LogP contribution in [0, 0.1) is 11.8 Å². The lowest BCUT2D eigenvalue weighted by molar-refractivity contribution is -0.0520. The summed E-state index contributed by atoms with van der Waals surface area (Å²) in [5.74, 6) is 0.296. The number of hydrogen-bond donors (Lipinski definition) is 2. The number of carbonyl (C=O) groups excluding carboxylic acids is 1. The number of carbonyl (C=O) groups is 1. The molecule has 8 heteroatoms. The van der Waals surface area contributed by atoms with Crippen molar-refractivity contribution in [1.82, 2.24) is 19.8 Å². The molecular weight excluding hydrogens is 372 g/mol. The lowest BCUT2D eigenvalue weighted by Crippen LogP contribution is -2.53. The second-order valence-electron chi connectivity index (χ2n) is 8.42. The second kappa shape index (κ2) is 7.51. The molecule has 4 atom stereocenters. The molecule has 29 heavy (non-hydrogen) atoms. The van der Waals surface area contributed by atoms with Gasteiger partial charge in [-0.2, -0.15) is 0 Å². The first kappa shape index (κ1) is 18.7. The van der Waals surface area contributed by atoms with Gasteiger partial charge in [-0.1, -0.05) is 12.1 Å². The van der Waals surface area contributed by atoms with E-state index in [9.17, 15) is 14.7 Å². The summed E-state index contributed by atoms with van der Waals surface area (Å²) in [5, 5.41) is 10.7. The molecule has 1 amide bonds. The SMILES string of the molecule is O=C(c1nc2ccccc2[nH]c1=O)N1C[C@H]2C[C@@H](N3CCOCC3)[C@H](O)C[C@H]2C1. The third-order valence-electron chi connectivity index (χ3n) is 6.71. The fraction of sp³-hybridized carbons (Fsp3) is 0.571. The summed E-state index contributed by atoms with van der Waals surface area (Å²) >= 11 is 0. The van der Waals surface area contributed by atoms with Crippen LogP contribution in [0.3, 0.4) is 0 Å². The maximum Gasteiger partial charge on any atom is 0.280 e. The van der Waals surface area contributed by atoms with Crippen molar-refractivity contribution >= 4 is 16.9 Å². The van der Waals surface area contributed by atoms with Crippen LogP contribution in [0.2, 0.25) is 0 Å². The van der Waals surface area contributed by atoms with Gasteiger partial charge in [-0.15, -0.1) is 0 Å². The molecule has 154 valence electrons. The molecular formula is C21H26N4O4. The van der Waals surface area contributed by atoms with Gasteiger partial charge in [0.2, 0.25) is 0 Å². The summed E-state index contributed by atoms with van der Waals surface area (Å²) in [4.78, 5) is 36.7. The Morgan fingerprint density at radius 2 is 1.86 bits per heavy atom. The van der Waals surface area contributed by atoms with Crippen molar-refractivity contribution in [3.8, 4) is 0 Å². The van der Waals surface area contributed by atoms with Crippen LogP contribution in [0.1, 0.15) is 23.3 Å². The Bertz CT molecular complexity index is 971. The fourth-order valence-electron chi connectivity index (χ4n) is 5.20. The number of hydrogen-bond acceptors (Lipinski definition) is 6. The number of fused-ring (bicyclic) bond motifs is 2. The summed E-state index contributed by atoms with van der Waals surface area (Å²) in [5.41, 5.74) is 0.734. The number of para-hydroxylation sites is 2. The lowest BCUT2D eigenvalue weighted by atomic mass is 9.77. The normalized spacial score (nSPS) is 30.4. The topological polar surface area (TPSA) is 98.8 Å². The molecule has 2 N–H and O–H groups in total. The van der Waals surface area contributed by atoms with Crippen LogP contribution >= 0.6 is 0 Å². The third-order valence-corrected chi connectivity index (χ3v) is 6.71. The predicted molar refractivity (Wildman–Crippen MR) is 107 cm³/mol. The molecule has 0 spiro atoms. The van der Waals surface area contributed by atoms with E-state index in [2.05, 4.69) is 14.9 Å². The van der Waals surface area contributed by atoms with E-state index in [1.54, 1.807) is 17.0 Å². The third kappa shape index (κ3) is 3.45. The van der Waals surface area contributed by atoms with E-state index in [1.165, 1.54) is 0 Å². The first-order valence-corrected chi connectivity index (χ1v) is 10.4. The molecule has 2 aromatic rings. The lowest BCUT2D eigenvalue weighted by Gasteiger charge is -2.43. The van der Waals surface area contributed by atoms with Crippen molar-refractivity contribution in [2.75, 3.05) is 39.4 Å². The maximum absolute atomic E-state index is 13.1. The van der Waals surface area contributed by atoms with Crippen molar-refractivity contribution in [2.45, 2.75) is 25.0 Å². The van der Waals surface area contributed by atoms with Crippen molar-refractivity contribution in [3.63, 3.8) is 0 Å². The number of likely N-dealkylation sites (tertiary alicyclic amines) is 1. The van der Waals surface area contributed by atoms with E-state index in [0.29, 0.717) is 49.7 Å². The number of benzene rings is 1. The molecule has 0 unspecified atom stereocenters. The van der Waals surface area contributed by atoms with E-state index < -0.39 is 5.56 Å². The Morgan fingerprint density at radius 1 is 1.14 bits per heavy atom. The Hall–Kier alpha value is -2.29. The van der Waals surface area contributed by atoms with Crippen LogP contribution in [0.4, 0.5) is 0 Å². The Labute approximate surface area is 168 Å². The summed E-state index contributed by atoms with van der Waals surface area (Å²) in [6.07, 6.45) is 1.18. The molecule has 8 nitrogen and oxygen atoms in total. The fourth-order valence-corrected chi connectivity index (χ4v) is 5.20. The van der Waals surface area contributed by atoms with Crippen molar-refractivity contribution in [3.05, 3.63) is 40.3 Å². The molecule has 1 aromatic carbocycles. The number of H-pyrrole nitrogens is 1. The monoisotopic (exact) mass is 398 g/mol. The van der Waals surface area contributed by atoms with Gasteiger partial charge >= 0.3 is 0 Å². The molecule has 0 bridgehead atoms. The highest BCUT2D eigenvalue weighted by molar-refractivity contribution is 5.93.